The first-order valence-electron chi connectivity index (χ1n) is 10.7. The van der Waals surface area contributed by atoms with Crippen molar-refractivity contribution in [2.45, 2.75) is 30.3 Å². The highest BCUT2D eigenvalue weighted by atomic mass is 35.5. The molecule has 3 aromatic rings. The number of hydrogen-bond donors (Lipinski definition) is 2. The van der Waals surface area contributed by atoms with E-state index < -0.39 is 28.0 Å². The number of benzene rings is 3. The minimum absolute atomic E-state index is 0.000495. The molecule has 0 unspecified atom stereocenters. The molecule has 186 valence electrons. The predicted molar refractivity (Wildman–Crippen MR) is 137 cm³/mol. The van der Waals surface area contributed by atoms with Gasteiger partial charge >= 0.3 is 0 Å². The average molecular weight is 537 g/mol. The van der Waals surface area contributed by atoms with Gasteiger partial charge in [-0.05, 0) is 54.8 Å². The Morgan fingerprint density at radius 1 is 0.943 bits per heavy atom. The maximum absolute atomic E-state index is 13.3. The Bertz CT molecular complexity index is 1290. The highest BCUT2D eigenvalue weighted by Crippen LogP contribution is 2.30. The van der Waals surface area contributed by atoms with E-state index in [1.54, 1.807) is 25.1 Å². The Hall–Kier alpha value is -2.78. The lowest BCUT2D eigenvalue weighted by Gasteiger charge is -2.22. The van der Waals surface area contributed by atoms with Crippen molar-refractivity contribution < 1.29 is 22.7 Å². The van der Waals surface area contributed by atoms with Crippen molar-refractivity contribution in [2.24, 2.45) is 0 Å². The fraction of sp³-hybridized carbons (Fsp3) is 0.240. The van der Waals surface area contributed by atoms with Crippen LogP contribution in [0.1, 0.15) is 24.1 Å². The number of carbonyl (C=O) groups excluding carboxylic acids is 1. The van der Waals surface area contributed by atoms with Gasteiger partial charge in [-0.1, -0.05) is 59.6 Å². The third-order valence-electron chi connectivity index (χ3n) is 5.35. The van der Waals surface area contributed by atoms with Crippen LogP contribution in [0.4, 0.5) is 0 Å². The van der Waals surface area contributed by atoms with Crippen molar-refractivity contribution >= 4 is 39.1 Å². The molecule has 35 heavy (non-hydrogen) atoms. The molecule has 0 aromatic heterocycles. The van der Waals surface area contributed by atoms with Crippen molar-refractivity contribution in [1.82, 2.24) is 10.0 Å². The van der Waals surface area contributed by atoms with Gasteiger partial charge in [0.05, 0.1) is 25.3 Å². The van der Waals surface area contributed by atoms with E-state index in [9.17, 15) is 13.2 Å². The third kappa shape index (κ3) is 6.89. The molecule has 7 nitrogen and oxygen atoms in total. The summed E-state index contributed by atoms with van der Waals surface area (Å²) in [6.07, 6.45) is 0.128. The molecule has 0 spiro atoms. The van der Waals surface area contributed by atoms with Crippen LogP contribution in [-0.2, 0) is 21.2 Å². The van der Waals surface area contributed by atoms with Crippen molar-refractivity contribution in [3.05, 3.63) is 87.9 Å². The number of methoxy groups -OCH3 is 2. The Morgan fingerprint density at radius 2 is 1.63 bits per heavy atom. The van der Waals surface area contributed by atoms with E-state index in [0.29, 0.717) is 11.5 Å². The molecule has 0 fully saturated rings. The molecule has 0 saturated carbocycles. The van der Waals surface area contributed by atoms with Crippen molar-refractivity contribution in [2.75, 3.05) is 14.2 Å². The van der Waals surface area contributed by atoms with E-state index in [2.05, 4.69) is 10.0 Å². The number of rotatable bonds is 10. The Labute approximate surface area is 215 Å². The topological polar surface area (TPSA) is 93.7 Å². The van der Waals surface area contributed by atoms with Crippen LogP contribution in [0.5, 0.6) is 11.5 Å². The van der Waals surface area contributed by atoms with E-state index in [0.717, 1.165) is 11.1 Å². The van der Waals surface area contributed by atoms with Crippen LogP contribution in [0, 0.1) is 0 Å². The van der Waals surface area contributed by atoms with E-state index in [-0.39, 0.29) is 21.4 Å². The van der Waals surface area contributed by atoms with E-state index in [4.69, 9.17) is 32.7 Å². The third-order valence-corrected chi connectivity index (χ3v) is 7.53. The Morgan fingerprint density at radius 3 is 2.29 bits per heavy atom. The van der Waals surface area contributed by atoms with Gasteiger partial charge in [0.25, 0.3) is 0 Å². The molecule has 0 aliphatic heterocycles. The van der Waals surface area contributed by atoms with Crippen LogP contribution < -0.4 is 19.5 Å². The van der Waals surface area contributed by atoms with Gasteiger partial charge in [0.2, 0.25) is 15.9 Å². The van der Waals surface area contributed by atoms with Crippen molar-refractivity contribution in [1.29, 1.82) is 0 Å². The van der Waals surface area contributed by atoms with E-state index in [1.807, 2.05) is 30.3 Å². The Balaban J connectivity index is 1.87. The second-order valence-electron chi connectivity index (χ2n) is 7.78. The van der Waals surface area contributed by atoms with Crippen molar-refractivity contribution in [3.8, 4) is 11.5 Å². The second kappa shape index (κ2) is 11.8. The zero-order chi connectivity index (χ0) is 25.6. The summed E-state index contributed by atoms with van der Waals surface area (Å²) >= 11 is 12.1. The molecule has 0 heterocycles. The van der Waals surface area contributed by atoms with Gasteiger partial charge in [-0.25, -0.2) is 8.42 Å². The minimum atomic E-state index is -4.16. The lowest BCUT2D eigenvalue weighted by molar-refractivity contribution is -0.123. The second-order valence-corrected chi connectivity index (χ2v) is 10.3. The fourth-order valence-corrected chi connectivity index (χ4v) is 5.45. The predicted octanol–water partition coefficient (Wildman–Crippen LogP) is 4.78. The lowest BCUT2D eigenvalue weighted by Crippen LogP contribution is -2.48. The lowest BCUT2D eigenvalue weighted by atomic mass is 10.0. The molecule has 0 bridgehead atoms. The van der Waals surface area contributed by atoms with E-state index in [1.165, 1.54) is 32.4 Å². The van der Waals surface area contributed by atoms with E-state index >= 15 is 0 Å². The maximum Gasteiger partial charge on any atom is 0.242 e. The van der Waals surface area contributed by atoms with Crippen LogP contribution >= 0.6 is 23.2 Å². The largest absolute Gasteiger partial charge is 0.493 e. The number of ether oxygens (including phenoxy) is 2. The van der Waals surface area contributed by atoms with Gasteiger partial charge in [0.15, 0.2) is 11.5 Å². The van der Waals surface area contributed by atoms with Crippen LogP contribution in [0.15, 0.2) is 71.6 Å². The first kappa shape index (κ1) is 26.8. The number of amides is 1. The molecule has 0 radical (unpaired) electrons. The number of sulfonamides is 1. The van der Waals surface area contributed by atoms with Gasteiger partial charge in [-0.3, -0.25) is 4.79 Å². The average Bonchev–Trinajstić information content (AvgIpc) is 2.85. The summed E-state index contributed by atoms with van der Waals surface area (Å²) in [5.41, 5.74) is 1.54. The zero-order valence-corrected chi connectivity index (χ0v) is 21.7. The molecule has 3 rings (SSSR count). The highest BCUT2D eigenvalue weighted by molar-refractivity contribution is 7.89. The van der Waals surface area contributed by atoms with Crippen LogP contribution in [-0.4, -0.2) is 34.6 Å². The number of hydrogen-bond acceptors (Lipinski definition) is 5. The monoisotopic (exact) mass is 536 g/mol. The molecule has 3 aromatic carbocycles. The number of carbonyl (C=O) groups is 1. The SMILES string of the molecule is COc1ccc([C@H](C)NC(=O)[C@@H](Cc2ccccc2)NS(=O)(=O)c2cc(Cl)ccc2Cl)cc1OC. The van der Waals surface area contributed by atoms with Gasteiger partial charge in [-0.2, -0.15) is 4.72 Å². The van der Waals surface area contributed by atoms with Gasteiger partial charge in [-0.15, -0.1) is 0 Å². The first-order chi connectivity index (χ1) is 16.6. The molecule has 10 heteroatoms. The molecule has 2 atom stereocenters. The molecular formula is C25H26Cl2N2O5S. The summed E-state index contributed by atoms with van der Waals surface area (Å²) in [5, 5.41) is 3.09. The van der Waals surface area contributed by atoms with Gasteiger partial charge in [0.1, 0.15) is 10.9 Å². The maximum atomic E-state index is 13.3. The molecule has 0 aliphatic carbocycles. The molecule has 2 N–H and O–H groups in total. The smallest absolute Gasteiger partial charge is 0.242 e. The van der Waals surface area contributed by atoms with Crippen molar-refractivity contribution in [3.63, 3.8) is 0 Å². The first-order valence-corrected chi connectivity index (χ1v) is 12.9. The van der Waals surface area contributed by atoms with Gasteiger partial charge in [0, 0.05) is 5.02 Å². The summed E-state index contributed by atoms with van der Waals surface area (Å²) in [6, 6.07) is 17.0. The number of nitrogens with one attached hydrogen (secondary N) is 2. The standard InChI is InChI=1S/C25H26Cl2N2O5S/c1-16(18-9-12-22(33-2)23(14-18)34-3)28-25(30)21(13-17-7-5-4-6-8-17)29-35(31,32)24-15-19(26)10-11-20(24)27/h4-12,14-16,21,29H,13H2,1-3H3,(H,28,30)/t16-,21+/m0/s1. The van der Waals surface area contributed by atoms with Gasteiger partial charge < -0.3 is 14.8 Å². The molecule has 1 amide bonds. The Kier molecular flexibility index (Phi) is 9.02. The summed E-state index contributed by atoms with van der Waals surface area (Å²) in [6.45, 7) is 1.79. The van der Waals surface area contributed by atoms with Crippen LogP contribution in [0.3, 0.4) is 0 Å². The quantitative estimate of drug-likeness (QED) is 0.389. The molecule has 0 saturated heterocycles. The normalized spacial score (nSPS) is 13.1. The highest BCUT2D eigenvalue weighted by Gasteiger charge is 2.29. The fourth-order valence-electron chi connectivity index (χ4n) is 3.49. The van der Waals surface area contributed by atoms with Crippen LogP contribution in [0.2, 0.25) is 10.0 Å². The number of halogens is 2. The summed E-state index contributed by atoms with van der Waals surface area (Å²) in [7, 11) is -1.10. The molecule has 0 aliphatic rings. The minimum Gasteiger partial charge on any atom is -0.493 e. The zero-order valence-electron chi connectivity index (χ0n) is 19.4. The summed E-state index contributed by atoms with van der Waals surface area (Å²) < 4.78 is 39.4. The van der Waals surface area contributed by atoms with Crippen LogP contribution in [0.25, 0.3) is 0 Å². The summed E-state index contributed by atoms with van der Waals surface area (Å²) in [5.74, 6) is 0.573. The molecular weight excluding hydrogens is 511 g/mol. The summed E-state index contributed by atoms with van der Waals surface area (Å²) in [4.78, 5) is 13.1.